The number of hydrogen-bond acceptors (Lipinski definition) is 3. The van der Waals surface area contributed by atoms with E-state index in [9.17, 15) is 9.90 Å². The van der Waals surface area contributed by atoms with Crippen LogP contribution in [0.1, 0.15) is 23.7 Å². The van der Waals surface area contributed by atoms with E-state index in [0.717, 1.165) is 22.2 Å². The van der Waals surface area contributed by atoms with Gasteiger partial charge in [0.1, 0.15) is 0 Å². The molecule has 1 amide bonds. The quantitative estimate of drug-likeness (QED) is 0.683. The van der Waals surface area contributed by atoms with Gasteiger partial charge in [0.25, 0.3) is 0 Å². The van der Waals surface area contributed by atoms with Crippen molar-refractivity contribution in [2.45, 2.75) is 38.0 Å². The first-order chi connectivity index (χ1) is 11.6. The second kappa shape index (κ2) is 5.79. The number of rotatable bonds is 4. The van der Waals surface area contributed by atoms with Crippen molar-refractivity contribution >= 4 is 16.8 Å². The number of aromatic nitrogens is 3. The molecule has 6 heteroatoms. The van der Waals surface area contributed by atoms with Gasteiger partial charge in [0, 0.05) is 29.0 Å². The summed E-state index contributed by atoms with van der Waals surface area (Å²) in [5.74, 6) is -0.0306. The minimum absolute atomic E-state index is 0.0306. The first kappa shape index (κ1) is 15.0. The number of aryl methyl sites for hydroxylation is 1. The van der Waals surface area contributed by atoms with E-state index in [1.165, 1.54) is 0 Å². The molecule has 1 fully saturated rings. The number of H-pyrrole nitrogens is 1. The Balaban J connectivity index is 1.48. The molecular weight excluding hydrogens is 304 g/mol. The zero-order chi connectivity index (χ0) is 16.7. The number of nitrogens with zero attached hydrogens (tertiary/aromatic N) is 2. The van der Waals surface area contributed by atoms with Crippen molar-refractivity contribution in [2.75, 3.05) is 0 Å². The van der Waals surface area contributed by atoms with E-state index < -0.39 is 6.10 Å². The number of hydrogen-bond donors (Lipinski definition) is 3. The lowest BCUT2D eigenvalue weighted by molar-refractivity contribution is -0.124. The van der Waals surface area contributed by atoms with Gasteiger partial charge in [-0.1, -0.05) is 18.2 Å². The third kappa shape index (κ3) is 2.49. The number of aliphatic hydroxyl groups is 1. The minimum Gasteiger partial charge on any atom is -0.391 e. The highest BCUT2D eigenvalue weighted by molar-refractivity contribution is 5.90. The standard InChI is InChI=1S/C18H20N4O2/c1-11-13(12-5-2-3-6-14(12)20-11)9-17(24)21-15-10-16(23)18(15)22-8-4-7-19-22/h2-8,15-16,18,20,23H,9-10H2,1H3,(H,21,24)/t15-,16+,18+/m0/s1. The molecule has 1 aromatic carbocycles. The average Bonchev–Trinajstić information content (AvgIpc) is 3.16. The molecule has 0 unspecified atom stereocenters. The first-order valence-corrected chi connectivity index (χ1v) is 8.16. The van der Waals surface area contributed by atoms with E-state index in [-0.39, 0.29) is 18.0 Å². The monoisotopic (exact) mass is 324 g/mol. The lowest BCUT2D eigenvalue weighted by Gasteiger charge is -2.41. The molecule has 6 nitrogen and oxygen atoms in total. The van der Waals surface area contributed by atoms with Crippen LogP contribution in [0.15, 0.2) is 42.7 Å². The van der Waals surface area contributed by atoms with Crippen molar-refractivity contribution in [3.05, 3.63) is 54.0 Å². The van der Waals surface area contributed by atoms with Crippen LogP contribution in [0.3, 0.4) is 0 Å². The molecule has 2 aromatic heterocycles. The molecule has 0 spiro atoms. The highest BCUT2D eigenvalue weighted by Crippen LogP contribution is 2.32. The second-order valence-corrected chi connectivity index (χ2v) is 6.40. The van der Waals surface area contributed by atoms with E-state index in [0.29, 0.717) is 12.8 Å². The van der Waals surface area contributed by atoms with Gasteiger partial charge in [0.05, 0.1) is 24.6 Å². The maximum Gasteiger partial charge on any atom is 0.224 e. The van der Waals surface area contributed by atoms with Crippen LogP contribution in [-0.2, 0) is 11.2 Å². The molecule has 0 aliphatic heterocycles. The molecule has 124 valence electrons. The summed E-state index contributed by atoms with van der Waals surface area (Å²) in [7, 11) is 0. The molecule has 0 bridgehead atoms. The maximum atomic E-state index is 12.5. The average molecular weight is 324 g/mol. The van der Waals surface area contributed by atoms with Crippen LogP contribution in [0.5, 0.6) is 0 Å². The first-order valence-electron chi connectivity index (χ1n) is 8.16. The molecule has 0 radical (unpaired) electrons. The van der Waals surface area contributed by atoms with Gasteiger partial charge >= 0.3 is 0 Å². The van der Waals surface area contributed by atoms with Gasteiger partial charge < -0.3 is 15.4 Å². The summed E-state index contributed by atoms with van der Waals surface area (Å²) in [5.41, 5.74) is 3.09. The molecule has 24 heavy (non-hydrogen) atoms. The molecule has 1 saturated carbocycles. The van der Waals surface area contributed by atoms with Crippen molar-refractivity contribution in [1.29, 1.82) is 0 Å². The Kier molecular flexibility index (Phi) is 3.61. The zero-order valence-corrected chi connectivity index (χ0v) is 13.4. The highest BCUT2D eigenvalue weighted by atomic mass is 16.3. The fourth-order valence-corrected chi connectivity index (χ4v) is 3.55. The molecule has 1 aliphatic carbocycles. The molecule has 3 atom stereocenters. The number of nitrogens with one attached hydrogen (secondary N) is 2. The molecule has 3 aromatic rings. The molecular formula is C18H20N4O2. The molecule has 1 aliphatic rings. The fraction of sp³-hybridized carbons (Fsp3) is 0.333. The van der Waals surface area contributed by atoms with Crippen molar-refractivity contribution in [2.24, 2.45) is 0 Å². The summed E-state index contributed by atoms with van der Waals surface area (Å²) in [6.07, 6.45) is 3.91. The summed E-state index contributed by atoms with van der Waals surface area (Å²) >= 11 is 0. The van der Waals surface area contributed by atoms with Crippen molar-refractivity contribution in [1.82, 2.24) is 20.1 Å². The number of para-hydroxylation sites is 1. The second-order valence-electron chi connectivity index (χ2n) is 6.40. The summed E-state index contributed by atoms with van der Waals surface area (Å²) in [4.78, 5) is 15.8. The van der Waals surface area contributed by atoms with E-state index >= 15 is 0 Å². The Morgan fingerprint density at radius 3 is 3.00 bits per heavy atom. The van der Waals surface area contributed by atoms with Gasteiger partial charge in [-0.2, -0.15) is 5.10 Å². The van der Waals surface area contributed by atoms with Crippen LogP contribution in [0.25, 0.3) is 10.9 Å². The third-order valence-corrected chi connectivity index (χ3v) is 4.84. The van der Waals surface area contributed by atoms with Gasteiger partial charge in [0.2, 0.25) is 5.91 Å². The molecule has 2 heterocycles. The van der Waals surface area contributed by atoms with Crippen LogP contribution in [0.4, 0.5) is 0 Å². The Morgan fingerprint density at radius 1 is 1.42 bits per heavy atom. The van der Waals surface area contributed by atoms with Gasteiger partial charge in [-0.05, 0) is 31.0 Å². The van der Waals surface area contributed by atoms with Gasteiger partial charge in [-0.15, -0.1) is 0 Å². The van der Waals surface area contributed by atoms with Crippen LogP contribution in [0.2, 0.25) is 0 Å². The lowest BCUT2D eigenvalue weighted by Crippen LogP contribution is -2.56. The van der Waals surface area contributed by atoms with Gasteiger partial charge in [-0.3, -0.25) is 9.48 Å². The Hall–Kier alpha value is -2.60. The Bertz CT molecular complexity index is 868. The minimum atomic E-state index is -0.468. The summed E-state index contributed by atoms with van der Waals surface area (Å²) in [5, 5.41) is 18.3. The van der Waals surface area contributed by atoms with E-state index in [4.69, 9.17) is 0 Å². The van der Waals surface area contributed by atoms with Gasteiger partial charge in [0.15, 0.2) is 0 Å². The topological polar surface area (TPSA) is 82.9 Å². The van der Waals surface area contributed by atoms with Crippen molar-refractivity contribution < 1.29 is 9.90 Å². The number of benzene rings is 1. The normalized spacial score (nSPS) is 23.2. The predicted octanol–water partition coefficient (Wildman–Crippen LogP) is 1.71. The zero-order valence-electron chi connectivity index (χ0n) is 13.4. The fourth-order valence-electron chi connectivity index (χ4n) is 3.55. The van der Waals surface area contributed by atoms with Crippen LogP contribution in [-0.4, -0.2) is 37.9 Å². The smallest absolute Gasteiger partial charge is 0.224 e. The molecule has 3 N–H and O–H groups in total. The van der Waals surface area contributed by atoms with E-state index in [1.807, 2.05) is 43.5 Å². The SMILES string of the molecule is Cc1[nH]c2ccccc2c1CC(=O)N[C@H]1C[C@@H](O)[C@@H]1n1cccn1. The van der Waals surface area contributed by atoms with Crippen LogP contribution >= 0.6 is 0 Å². The predicted molar refractivity (Wildman–Crippen MR) is 90.6 cm³/mol. The Morgan fingerprint density at radius 2 is 2.25 bits per heavy atom. The Labute approximate surface area is 139 Å². The third-order valence-electron chi connectivity index (χ3n) is 4.84. The van der Waals surface area contributed by atoms with E-state index in [2.05, 4.69) is 15.4 Å². The summed E-state index contributed by atoms with van der Waals surface area (Å²) in [6.45, 7) is 1.99. The van der Waals surface area contributed by atoms with Crippen LogP contribution < -0.4 is 5.32 Å². The van der Waals surface area contributed by atoms with Crippen molar-refractivity contribution in [3.8, 4) is 0 Å². The number of carbonyl (C=O) groups excluding carboxylic acids is 1. The van der Waals surface area contributed by atoms with Crippen LogP contribution in [0, 0.1) is 6.92 Å². The summed E-state index contributed by atoms with van der Waals surface area (Å²) < 4.78 is 1.72. The number of amides is 1. The largest absolute Gasteiger partial charge is 0.391 e. The maximum absolute atomic E-state index is 12.5. The van der Waals surface area contributed by atoms with Gasteiger partial charge in [-0.25, -0.2) is 0 Å². The highest BCUT2D eigenvalue weighted by Gasteiger charge is 2.42. The number of carbonyl (C=O) groups is 1. The van der Waals surface area contributed by atoms with Crippen molar-refractivity contribution in [3.63, 3.8) is 0 Å². The van der Waals surface area contributed by atoms with E-state index in [1.54, 1.807) is 10.9 Å². The summed E-state index contributed by atoms with van der Waals surface area (Å²) in [6, 6.07) is 9.55. The number of aromatic amines is 1. The molecule has 0 saturated heterocycles. The number of fused-ring (bicyclic) bond motifs is 1. The number of aliphatic hydroxyl groups excluding tert-OH is 1. The lowest BCUT2D eigenvalue weighted by atomic mass is 9.83. The molecule has 4 rings (SSSR count).